The number of aliphatic hydroxyl groups is 2. The minimum atomic E-state index is -0.781. The smallest absolute Gasteiger partial charge is 0.313 e. The lowest BCUT2D eigenvalue weighted by molar-refractivity contribution is -0.172. The summed E-state index contributed by atoms with van der Waals surface area (Å²) in [4.78, 5) is 23.2. The zero-order chi connectivity index (χ0) is 22.7. The molecular formula is C25H33NO5. The molecule has 0 unspecified atom stereocenters. The summed E-state index contributed by atoms with van der Waals surface area (Å²) in [5, 5.41) is 18.2. The van der Waals surface area contributed by atoms with Gasteiger partial charge in [0.1, 0.15) is 17.8 Å². The molecule has 2 aromatic carbocycles. The lowest BCUT2D eigenvalue weighted by Gasteiger charge is -2.36. The van der Waals surface area contributed by atoms with Crippen LogP contribution in [0.3, 0.4) is 0 Å². The summed E-state index contributed by atoms with van der Waals surface area (Å²) in [6.07, 6.45) is 2.77. The average Bonchev–Trinajstić information content (AvgIpc) is 2.78. The van der Waals surface area contributed by atoms with Crippen LogP contribution in [0.2, 0.25) is 0 Å². The number of hydrogen-bond donors (Lipinski definition) is 3. The second-order valence-corrected chi connectivity index (χ2v) is 7.99. The Hall–Kier alpha value is -2.54. The molecule has 0 bridgehead atoms. The fourth-order valence-corrected chi connectivity index (χ4v) is 3.77. The van der Waals surface area contributed by atoms with Crippen molar-refractivity contribution in [3.63, 3.8) is 0 Å². The van der Waals surface area contributed by atoms with Crippen molar-refractivity contribution in [2.24, 2.45) is 5.73 Å². The first-order valence-electron chi connectivity index (χ1n) is 10.8. The highest BCUT2D eigenvalue weighted by Crippen LogP contribution is 2.33. The van der Waals surface area contributed by atoms with E-state index in [1.165, 1.54) is 5.56 Å². The number of rotatable bonds is 8. The molecule has 0 saturated carbocycles. The first-order chi connectivity index (χ1) is 14.9. The summed E-state index contributed by atoms with van der Waals surface area (Å²) in [5.74, 6) is -0.351. The van der Waals surface area contributed by atoms with Gasteiger partial charge in [-0.3, -0.25) is 9.59 Å². The van der Waals surface area contributed by atoms with Crippen LogP contribution in [0.1, 0.15) is 56.3 Å². The summed E-state index contributed by atoms with van der Waals surface area (Å²) >= 11 is 0. The van der Waals surface area contributed by atoms with Crippen LogP contribution in [0.4, 0.5) is 0 Å². The lowest BCUT2D eigenvalue weighted by Crippen LogP contribution is -2.43. The number of ketones is 1. The third-order valence-electron chi connectivity index (χ3n) is 5.37. The van der Waals surface area contributed by atoms with Crippen molar-refractivity contribution in [2.45, 2.75) is 63.2 Å². The number of ether oxygens (including phenoxy) is 1. The van der Waals surface area contributed by atoms with Gasteiger partial charge in [-0.2, -0.15) is 0 Å². The molecule has 0 aliphatic carbocycles. The van der Waals surface area contributed by atoms with Crippen LogP contribution in [0, 0.1) is 0 Å². The second kappa shape index (κ2) is 12.3. The van der Waals surface area contributed by atoms with Crippen LogP contribution in [0.25, 0.3) is 0 Å². The number of benzene rings is 2. The molecule has 1 fully saturated rings. The topological polar surface area (TPSA) is 110 Å². The molecule has 1 saturated heterocycles. The van der Waals surface area contributed by atoms with E-state index in [1.807, 2.05) is 36.4 Å². The minimum absolute atomic E-state index is 0.0118. The third kappa shape index (κ3) is 7.90. The van der Waals surface area contributed by atoms with Crippen LogP contribution in [0.5, 0.6) is 0 Å². The molecule has 168 valence electrons. The van der Waals surface area contributed by atoms with Gasteiger partial charge in [-0.15, -0.1) is 0 Å². The molecule has 3 atom stereocenters. The number of aliphatic hydroxyl groups excluding tert-OH is 2. The highest BCUT2D eigenvalue weighted by Gasteiger charge is 2.40. The summed E-state index contributed by atoms with van der Waals surface area (Å²) in [6.45, 7) is 1.84. The Morgan fingerprint density at radius 3 is 2.19 bits per heavy atom. The van der Waals surface area contributed by atoms with Crippen LogP contribution in [-0.4, -0.2) is 40.2 Å². The highest BCUT2D eigenvalue weighted by atomic mass is 16.6. The maximum atomic E-state index is 11.7. The van der Waals surface area contributed by atoms with Gasteiger partial charge in [0.15, 0.2) is 0 Å². The molecule has 0 radical (unpaired) electrons. The molecule has 2 aromatic rings. The van der Waals surface area contributed by atoms with E-state index < -0.39 is 17.7 Å². The van der Waals surface area contributed by atoms with Gasteiger partial charge in [0, 0.05) is 6.42 Å². The molecule has 1 heterocycles. The zero-order valence-corrected chi connectivity index (χ0v) is 18.1. The van der Waals surface area contributed by atoms with E-state index in [0.717, 1.165) is 31.2 Å². The fourth-order valence-electron chi connectivity index (χ4n) is 3.77. The van der Waals surface area contributed by atoms with Gasteiger partial charge in [0.05, 0.1) is 18.8 Å². The van der Waals surface area contributed by atoms with E-state index in [4.69, 9.17) is 15.6 Å². The maximum Gasteiger partial charge on any atom is 0.313 e. The quantitative estimate of drug-likeness (QED) is 0.441. The Morgan fingerprint density at radius 2 is 1.65 bits per heavy atom. The first-order valence-corrected chi connectivity index (χ1v) is 10.8. The van der Waals surface area contributed by atoms with Gasteiger partial charge in [-0.25, -0.2) is 0 Å². The van der Waals surface area contributed by atoms with Crippen LogP contribution in [-0.2, 0) is 20.7 Å². The van der Waals surface area contributed by atoms with Crippen LogP contribution < -0.4 is 5.73 Å². The van der Waals surface area contributed by atoms with Gasteiger partial charge in [-0.05, 0) is 30.4 Å². The van der Waals surface area contributed by atoms with Gasteiger partial charge in [0.25, 0.3) is 0 Å². The van der Waals surface area contributed by atoms with Crippen molar-refractivity contribution >= 4 is 11.8 Å². The van der Waals surface area contributed by atoms with Crippen molar-refractivity contribution in [2.75, 3.05) is 6.61 Å². The number of nitrogens with two attached hydrogens (primary N) is 1. The van der Waals surface area contributed by atoms with E-state index in [0.29, 0.717) is 6.42 Å². The fraction of sp³-hybridized carbons (Fsp3) is 0.440. The third-order valence-corrected chi connectivity index (χ3v) is 5.37. The Morgan fingerprint density at radius 1 is 1.03 bits per heavy atom. The molecule has 31 heavy (non-hydrogen) atoms. The van der Waals surface area contributed by atoms with Gasteiger partial charge >= 0.3 is 5.97 Å². The number of carbonyl (C=O) groups is 2. The van der Waals surface area contributed by atoms with Gasteiger partial charge in [0.2, 0.25) is 0 Å². The molecule has 0 spiro atoms. The number of hydrogen-bond acceptors (Lipinski definition) is 6. The number of Topliss-reactive ketones (excluding diaryl/α,β-unsaturated/α-hetero) is 1. The molecule has 0 amide bonds. The van der Waals surface area contributed by atoms with Crippen molar-refractivity contribution in [1.82, 2.24) is 0 Å². The summed E-state index contributed by atoms with van der Waals surface area (Å²) < 4.78 is 5.55. The summed E-state index contributed by atoms with van der Waals surface area (Å²) in [6, 6.07) is 18.6. The number of esters is 1. The average molecular weight is 428 g/mol. The van der Waals surface area contributed by atoms with Crippen LogP contribution >= 0.6 is 0 Å². The molecule has 1 aliphatic heterocycles. The normalized spacial score (nSPS) is 20.3. The number of cyclic esters (lactones) is 1. The van der Waals surface area contributed by atoms with Crippen molar-refractivity contribution in [1.29, 1.82) is 0 Å². The highest BCUT2D eigenvalue weighted by molar-refractivity contribution is 5.98. The molecule has 3 rings (SSSR count). The maximum absolute atomic E-state index is 11.7. The molecule has 0 aromatic heterocycles. The predicted molar refractivity (Wildman–Crippen MR) is 119 cm³/mol. The van der Waals surface area contributed by atoms with E-state index in [1.54, 1.807) is 12.1 Å². The monoisotopic (exact) mass is 427 g/mol. The van der Waals surface area contributed by atoms with E-state index in [2.05, 4.69) is 19.1 Å². The number of aryl methyl sites for hydroxylation is 1. The largest absolute Gasteiger partial charge is 0.458 e. The van der Waals surface area contributed by atoms with E-state index in [9.17, 15) is 14.7 Å². The van der Waals surface area contributed by atoms with Crippen molar-refractivity contribution in [3.05, 3.63) is 71.8 Å². The minimum Gasteiger partial charge on any atom is -0.458 e. The molecule has 4 N–H and O–H groups in total. The van der Waals surface area contributed by atoms with E-state index in [-0.39, 0.29) is 24.8 Å². The Balaban J connectivity index is 0.000000245. The standard InChI is InChI=1S/C16H20O3.C9H13NO2/c1-2-9-16(12-14(17)11-15(18)19-16)10-8-13-6-4-3-5-7-13;10-8(6-11)9(12)7-4-2-1-3-5-7/h3-7H,2,8-12H2,1H3;1-5,8-9,11-12H,6,10H2/t16-;8-,9-/m10/s1. The number of carbonyl (C=O) groups excluding carboxylic acids is 2. The Kier molecular flexibility index (Phi) is 9.85. The predicted octanol–water partition coefficient (Wildman–Crippen LogP) is 3.10. The molecule has 1 aliphatic rings. The van der Waals surface area contributed by atoms with Crippen LogP contribution in [0.15, 0.2) is 60.7 Å². The molecular weight excluding hydrogens is 394 g/mol. The van der Waals surface area contributed by atoms with Crippen molar-refractivity contribution in [3.8, 4) is 0 Å². The second-order valence-electron chi connectivity index (χ2n) is 7.99. The first kappa shape index (κ1) is 24.7. The lowest BCUT2D eigenvalue weighted by atomic mass is 9.83. The SMILES string of the molecule is CCC[C@@]1(CCc2ccccc2)CC(=O)CC(=O)O1.N[C@@H](CO)[C@@H](O)c1ccccc1. The summed E-state index contributed by atoms with van der Waals surface area (Å²) in [5.41, 5.74) is 6.83. The van der Waals surface area contributed by atoms with E-state index >= 15 is 0 Å². The van der Waals surface area contributed by atoms with Crippen molar-refractivity contribution < 1.29 is 24.5 Å². The summed E-state index contributed by atoms with van der Waals surface area (Å²) in [7, 11) is 0. The molecule has 6 nitrogen and oxygen atoms in total. The Labute approximate surface area is 184 Å². The van der Waals surface area contributed by atoms with Gasteiger partial charge in [-0.1, -0.05) is 74.0 Å². The Bertz CT molecular complexity index is 793. The zero-order valence-electron chi connectivity index (χ0n) is 18.1. The van der Waals surface area contributed by atoms with Gasteiger partial charge < -0.3 is 20.7 Å². The molecule has 6 heteroatoms.